The van der Waals surface area contributed by atoms with Crippen molar-refractivity contribution in [1.82, 2.24) is 5.32 Å². The van der Waals surface area contributed by atoms with Gasteiger partial charge in [0.1, 0.15) is 0 Å². The monoisotopic (exact) mass is 211 g/mol. The molecule has 2 aliphatic carbocycles. The minimum absolute atomic E-state index is 0.123. The molecule has 86 valence electrons. The van der Waals surface area contributed by atoms with Crippen molar-refractivity contribution < 1.29 is 9.90 Å². The standard InChI is InChI=1S/C12H21NO2/c1-9(10-4-5-10)11(14)13-8-12(15)6-2-3-7-12/h9-10,15H,2-8H2,1H3,(H,13,14). The van der Waals surface area contributed by atoms with Gasteiger partial charge in [0.05, 0.1) is 5.60 Å². The molecule has 0 radical (unpaired) electrons. The van der Waals surface area contributed by atoms with E-state index >= 15 is 0 Å². The molecule has 0 saturated heterocycles. The topological polar surface area (TPSA) is 49.3 Å². The van der Waals surface area contributed by atoms with Gasteiger partial charge in [-0.3, -0.25) is 4.79 Å². The first-order chi connectivity index (χ1) is 7.11. The molecule has 0 bridgehead atoms. The second-order valence-electron chi connectivity index (χ2n) is 5.28. The quantitative estimate of drug-likeness (QED) is 0.739. The summed E-state index contributed by atoms with van der Waals surface area (Å²) in [6.07, 6.45) is 6.24. The van der Waals surface area contributed by atoms with Gasteiger partial charge in [0.25, 0.3) is 0 Å². The number of amides is 1. The summed E-state index contributed by atoms with van der Waals surface area (Å²) in [6.45, 7) is 2.44. The van der Waals surface area contributed by atoms with Gasteiger partial charge in [0.15, 0.2) is 0 Å². The lowest BCUT2D eigenvalue weighted by molar-refractivity contribution is -0.126. The maximum absolute atomic E-state index is 11.7. The lowest BCUT2D eigenvalue weighted by Gasteiger charge is -2.23. The summed E-state index contributed by atoms with van der Waals surface area (Å²) in [7, 11) is 0. The molecule has 0 aliphatic heterocycles. The average molecular weight is 211 g/mol. The Balaban J connectivity index is 1.74. The number of hydrogen-bond donors (Lipinski definition) is 2. The van der Waals surface area contributed by atoms with Crippen molar-refractivity contribution in [2.24, 2.45) is 11.8 Å². The van der Waals surface area contributed by atoms with Crippen LogP contribution in [0.2, 0.25) is 0 Å². The summed E-state index contributed by atoms with van der Waals surface area (Å²) in [6, 6.07) is 0. The second kappa shape index (κ2) is 4.12. The van der Waals surface area contributed by atoms with Gasteiger partial charge < -0.3 is 10.4 Å². The minimum Gasteiger partial charge on any atom is -0.388 e. The highest BCUT2D eigenvalue weighted by Gasteiger charge is 2.35. The molecule has 2 aliphatic rings. The van der Waals surface area contributed by atoms with E-state index in [2.05, 4.69) is 5.32 Å². The zero-order valence-corrected chi connectivity index (χ0v) is 9.46. The van der Waals surface area contributed by atoms with Gasteiger partial charge in [0, 0.05) is 12.5 Å². The van der Waals surface area contributed by atoms with Crippen LogP contribution in [0, 0.1) is 11.8 Å². The van der Waals surface area contributed by atoms with Crippen LogP contribution in [-0.4, -0.2) is 23.2 Å². The Kier molecular flexibility index (Phi) is 3.01. The van der Waals surface area contributed by atoms with Crippen molar-refractivity contribution in [1.29, 1.82) is 0 Å². The van der Waals surface area contributed by atoms with E-state index in [9.17, 15) is 9.90 Å². The van der Waals surface area contributed by atoms with E-state index in [4.69, 9.17) is 0 Å². The summed E-state index contributed by atoms with van der Waals surface area (Å²) < 4.78 is 0. The van der Waals surface area contributed by atoms with E-state index < -0.39 is 5.60 Å². The molecule has 2 N–H and O–H groups in total. The van der Waals surface area contributed by atoms with Crippen molar-refractivity contribution >= 4 is 5.91 Å². The maximum Gasteiger partial charge on any atom is 0.223 e. The molecular formula is C12H21NO2. The third-order valence-electron chi connectivity index (χ3n) is 3.87. The fourth-order valence-electron chi connectivity index (χ4n) is 2.43. The molecule has 0 aromatic rings. The highest BCUT2D eigenvalue weighted by Crippen LogP contribution is 2.36. The van der Waals surface area contributed by atoms with Crippen LogP contribution in [0.15, 0.2) is 0 Å². The van der Waals surface area contributed by atoms with Crippen LogP contribution in [0.25, 0.3) is 0 Å². The molecule has 0 aromatic carbocycles. The van der Waals surface area contributed by atoms with Crippen LogP contribution < -0.4 is 5.32 Å². The Morgan fingerprint density at radius 3 is 2.60 bits per heavy atom. The first kappa shape index (κ1) is 10.9. The zero-order valence-electron chi connectivity index (χ0n) is 9.46. The second-order valence-corrected chi connectivity index (χ2v) is 5.28. The minimum atomic E-state index is -0.612. The van der Waals surface area contributed by atoms with Crippen molar-refractivity contribution in [3.05, 3.63) is 0 Å². The summed E-state index contributed by atoms with van der Waals surface area (Å²) in [5.41, 5.74) is -0.612. The number of carbonyl (C=O) groups excluding carboxylic acids is 1. The summed E-state index contributed by atoms with van der Waals surface area (Å²) in [4.78, 5) is 11.7. The Bertz CT molecular complexity index is 242. The van der Waals surface area contributed by atoms with Gasteiger partial charge in [-0.05, 0) is 31.6 Å². The first-order valence-corrected chi connectivity index (χ1v) is 6.11. The van der Waals surface area contributed by atoms with Gasteiger partial charge in [-0.15, -0.1) is 0 Å². The predicted octanol–water partition coefficient (Wildman–Crippen LogP) is 1.45. The molecule has 3 nitrogen and oxygen atoms in total. The van der Waals surface area contributed by atoms with Crippen LogP contribution in [0.3, 0.4) is 0 Å². The third-order valence-corrected chi connectivity index (χ3v) is 3.87. The number of aliphatic hydroxyl groups is 1. The Morgan fingerprint density at radius 2 is 2.07 bits per heavy atom. The van der Waals surface area contributed by atoms with Crippen molar-refractivity contribution in [3.8, 4) is 0 Å². The molecule has 1 amide bonds. The fourth-order valence-corrected chi connectivity index (χ4v) is 2.43. The Morgan fingerprint density at radius 1 is 1.47 bits per heavy atom. The number of carbonyl (C=O) groups is 1. The molecule has 2 rings (SSSR count). The molecule has 1 unspecified atom stereocenters. The van der Waals surface area contributed by atoms with Crippen molar-refractivity contribution in [3.63, 3.8) is 0 Å². The molecule has 15 heavy (non-hydrogen) atoms. The van der Waals surface area contributed by atoms with Gasteiger partial charge in [0.2, 0.25) is 5.91 Å². The summed E-state index contributed by atoms with van der Waals surface area (Å²) in [5.74, 6) is 0.857. The lowest BCUT2D eigenvalue weighted by atomic mass is 10.0. The van der Waals surface area contributed by atoms with E-state index in [1.807, 2.05) is 6.92 Å². The molecule has 3 heteroatoms. The number of rotatable bonds is 4. The van der Waals surface area contributed by atoms with Crippen LogP contribution in [-0.2, 0) is 4.79 Å². The third kappa shape index (κ3) is 2.71. The van der Waals surface area contributed by atoms with E-state index in [-0.39, 0.29) is 11.8 Å². The lowest BCUT2D eigenvalue weighted by Crippen LogP contribution is -2.42. The fraction of sp³-hybridized carbons (Fsp3) is 0.917. The first-order valence-electron chi connectivity index (χ1n) is 6.11. The largest absolute Gasteiger partial charge is 0.388 e. The van der Waals surface area contributed by atoms with E-state index in [0.717, 1.165) is 25.7 Å². The Labute approximate surface area is 91.2 Å². The molecule has 2 fully saturated rings. The van der Waals surface area contributed by atoms with Gasteiger partial charge >= 0.3 is 0 Å². The molecule has 1 atom stereocenters. The van der Waals surface area contributed by atoms with E-state index in [1.54, 1.807) is 0 Å². The van der Waals surface area contributed by atoms with E-state index in [0.29, 0.717) is 12.5 Å². The smallest absolute Gasteiger partial charge is 0.223 e. The molecule has 0 heterocycles. The zero-order chi connectivity index (χ0) is 10.9. The Hall–Kier alpha value is -0.570. The summed E-state index contributed by atoms with van der Waals surface area (Å²) >= 11 is 0. The highest BCUT2D eigenvalue weighted by molar-refractivity contribution is 5.78. The molecular weight excluding hydrogens is 190 g/mol. The van der Waals surface area contributed by atoms with Gasteiger partial charge in [-0.25, -0.2) is 0 Å². The molecule has 0 spiro atoms. The van der Waals surface area contributed by atoms with Gasteiger partial charge in [-0.1, -0.05) is 19.8 Å². The van der Waals surface area contributed by atoms with Crippen LogP contribution in [0.1, 0.15) is 45.4 Å². The van der Waals surface area contributed by atoms with Crippen molar-refractivity contribution in [2.75, 3.05) is 6.54 Å². The molecule has 2 saturated carbocycles. The highest BCUT2D eigenvalue weighted by atomic mass is 16.3. The normalized spacial score (nSPS) is 26.3. The van der Waals surface area contributed by atoms with Crippen LogP contribution in [0.5, 0.6) is 0 Å². The SMILES string of the molecule is CC(C(=O)NCC1(O)CCCC1)C1CC1. The maximum atomic E-state index is 11.7. The summed E-state index contributed by atoms with van der Waals surface area (Å²) in [5, 5.41) is 13.0. The van der Waals surface area contributed by atoms with Crippen LogP contribution in [0.4, 0.5) is 0 Å². The van der Waals surface area contributed by atoms with Gasteiger partial charge in [-0.2, -0.15) is 0 Å². The van der Waals surface area contributed by atoms with Crippen molar-refractivity contribution in [2.45, 2.75) is 51.0 Å². The number of hydrogen-bond acceptors (Lipinski definition) is 2. The average Bonchev–Trinajstić information content (AvgIpc) is 2.98. The number of nitrogens with one attached hydrogen (secondary N) is 1. The predicted molar refractivity (Wildman–Crippen MR) is 58.3 cm³/mol. The molecule has 0 aromatic heterocycles. The van der Waals surface area contributed by atoms with Crippen LogP contribution >= 0.6 is 0 Å². The van der Waals surface area contributed by atoms with E-state index in [1.165, 1.54) is 12.8 Å².